The number of rotatable bonds is 4. The highest BCUT2D eigenvalue weighted by Crippen LogP contribution is 2.21. The third-order valence-corrected chi connectivity index (χ3v) is 3.25. The molecule has 0 bridgehead atoms. The van der Waals surface area contributed by atoms with Gasteiger partial charge in [-0.3, -0.25) is 0 Å². The second kappa shape index (κ2) is 5.98. The average molecular weight is 289 g/mol. The van der Waals surface area contributed by atoms with Gasteiger partial charge in [0.25, 0.3) is 0 Å². The van der Waals surface area contributed by atoms with Crippen molar-refractivity contribution in [3.8, 4) is 6.07 Å². The third kappa shape index (κ3) is 3.12. The Morgan fingerprint density at radius 1 is 1.35 bits per heavy atom. The minimum Gasteiger partial charge on any atom is -0.383 e. The second-order valence-corrected chi connectivity index (χ2v) is 5.63. The number of nitrogens with zero attached hydrogens (tertiary/aromatic N) is 3. The molecule has 0 amide bonds. The van der Waals surface area contributed by atoms with Gasteiger partial charge in [-0.05, 0) is 23.6 Å². The van der Waals surface area contributed by atoms with Crippen molar-refractivity contribution in [2.24, 2.45) is 5.92 Å². The third-order valence-electron chi connectivity index (χ3n) is 3.00. The summed E-state index contributed by atoms with van der Waals surface area (Å²) in [4.78, 5) is 0. The van der Waals surface area contributed by atoms with E-state index in [-0.39, 0.29) is 0 Å². The predicted octanol–water partition coefficient (Wildman–Crippen LogP) is 3.24. The first kappa shape index (κ1) is 14.4. The Morgan fingerprint density at radius 2 is 2.00 bits per heavy atom. The van der Waals surface area contributed by atoms with Gasteiger partial charge in [-0.1, -0.05) is 37.6 Å². The molecule has 20 heavy (non-hydrogen) atoms. The predicted molar refractivity (Wildman–Crippen MR) is 80.5 cm³/mol. The fourth-order valence-corrected chi connectivity index (χ4v) is 2.18. The number of anilines is 1. The smallest absolute Gasteiger partial charge is 0.140 e. The van der Waals surface area contributed by atoms with Gasteiger partial charge in [-0.15, -0.1) is 0 Å². The van der Waals surface area contributed by atoms with Crippen LogP contribution < -0.4 is 5.73 Å². The van der Waals surface area contributed by atoms with Crippen molar-refractivity contribution in [3.05, 3.63) is 46.1 Å². The van der Waals surface area contributed by atoms with Gasteiger partial charge >= 0.3 is 0 Å². The van der Waals surface area contributed by atoms with Crippen molar-refractivity contribution in [1.29, 1.82) is 5.26 Å². The summed E-state index contributed by atoms with van der Waals surface area (Å²) in [6.07, 6.45) is 0.579. The number of hydrogen-bond acceptors (Lipinski definition) is 3. The average Bonchev–Trinajstić information content (AvgIpc) is 2.67. The van der Waals surface area contributed by atoms with Gasteiger partial charge in [0.2, 0.25) is 0 Å². The van der Waals surface area contributed by atoms with Gasteiger partial charge in [0.1, 0.15) is 17.5 Å². The fraction of sp³-hybridized carbons (Fsp3) is 0.333. The molecule has 0 spiro atoms. The second-order valence-electron chi connectivity index (χ2n) is 5.20. The van der Waals surface area contributed by atoms with E-state index in [0.717, 1.165) is 5.56 Å². The number of nitrogens with two attached hydrogens (primary N) is 1. The van der Waals surface area contributed by atoms with Crippen LogP contribution in [0.3, 0.4) is 0 Å². The zero-order valence-electron chi connectivity index (χ0n) is 11.6. The molecule has 0 unspecified atom stereocenters. The van der Waals surface area contributed by atoms with E-state index >= 15 is 0 Å². The summed E-state index contributed by atoms with van der Waals surface area (Å²) in [5.74, 6) is 0.872. The van der Waals surface area contributed by atoms with Crippen molar-refractivity contribution in [2.75, 3.05) is 5.73 Å². The molecule has 2 N–H and O–H groups in total. The SMILES string of the molecule is CC(C)Cn1nc(Cc2ccc(Cl)cc2)c(C#N)c1N. The lowest BCUT2D eigenvalue weighted by Gasteiger charge is -2.06. The van der Waals surface area contributed by atoms with Crippen LogP contribution in [0, 0.1) is 17.2 Å². The van der Waals surface area contributed by atoms with E-state index in [4.69, 9.17) is 17.3 Å². The zero-order valence-corrected chi connectivity index (χ0v) is 12.4. The number of aromatic nitrogens is 2. The van der Waals surface area contributed by atoms with Crippen LogP contribution in [-0.2, 0) is 13.0 Å². The first-order chi connectivity index (χ1) is 9.51. The van der Waals surface area contributed by atoms with Crippen LogP contribution in [0.4, 0.5) is 5.82 Å². The monoisotopic (exact) mass is 288 g/mol. The summed E-state index contributed by atoms with van der Waals surface area (Å²) < 4.78 is 1.72. The highest BCUT2D eigenvalue weighted by Gasteiger charge is 2.16. The molecule has 0 saturated heterocycles. The highest BCUT2D eigenvalue weighted by molar-refractivity contribution is 6.30. The van der Waals surface area contributed by atoms with Crippen molar-refractivity contribution in [1.82, 2.24) is 9.78 Å². The molecular weight excluding hydrogens is 272 g/mol. The maximum Gasteiger partial charge on any atom is 0.140 e. The Labute approximate surface area is 123 Å². The molecule has 4 nitrogen and oxygen atoms in total. The zero-order chi connectivity index (χ0) is 14.7. The Balaban J connectivity index is 2.31. The summed E-state index contributed by atoms with van der Waals surface area (Å²) in [7, 11) is 0. The van der Waals surface area contributed by atoms with E-state index in [0.29, 0.717) is 41.0 Å². The lowest BCUT2D eigenvalue weighted by molar-refractivity contribution is 0.485. The molecule has 1 aromatic carbocycles. The number of hydrogen-bond donors (Lipinski definition) is 1. The van der Waals surface area contributed by atoms with Gasteiger partial charge in [0.15, 0.2) is 0 Å². The lowest BCUT2D eigenvalue weighted by atomic mass is 10.1. The summed E-state index contributed by atoms with van der Waals surface area (Å²) >= 11 is 5.87. The topological polar surface area (TPSA) is 67.6 Å². The molecular formula is C15H17ClN4. The first-order valence-corrected chi connectivity index (χ1v) is 6.88. The van der Waals surface area contributed by atoms with Crippen molar-refractivity contribution in [3.63, 3.8) is 0 Å². The van der Waals surface area contributed by atoms with E-state index < -0.39 is 0 Å². The van der Waals surface area contributed by atoms with Gasteiger partial charge in [0.05, 0.1) is 5.69 Å². The normalized spacial score (nSPS) is 10.8. The van der Waals surface area contributed by atoms with Crippen LogP contribution in [0.15, 0.2) is 24.3 Å². The molecule has 0 aliphatic heterocycles. The maximum atomic E-state index is 9.26. The molecule has 0 saturated carbocycles. The molecule has 0 fully saturated rings. The van der Waals surface area contributed by atoms with Crippen LogP contribution in [0.1, 0.15) is 30.7 Å². The largest absolute Gasteiger partial charge is 0.383 e. The van der Waals surface area contributed by atoms with E-state index in [9.17, 15) is 5.26 Å². The highest BCUT2D eigenvalue weighted by atomic mass is 35.5. The Kier molecular flexibility index (Phi) is 4.31. The quantitative estimate of drug-likeness (QED) is 0.939. The lowest BCUT2D eigenvalue weighted by Crippen LogP contribution is -2.09. The van der Waals surface area contributed by atoms with Crippen molar-refractivity contribution < 1.29 is 0 Å². The molecule has 0 aliphatic rings. The Morgan fingerprint density at radius 3 is 2.55 bits per heavy atom. The van der Waals surface area contributed by atoms with Crippen LogP contribution in [-0.4, -0.2) is 9.78 Å². The summed E-state index contributed by atoms with van der Waals surface area (Å²) in [6, 6.07) is 9.68. The van der Waals surface area contributed by atoms with E-state index in [1.165, 1.54) is 0 Å². The molecule has 2 aromatic rings. The van der Waals surface area contributed by atoms with Gasteiger partial charge in [-0.2, -0.15) is 10.4 Å². The fourth-order valence-electron chi connectivity index (χ4n) is 2.05. The number of nitriles is 1. The maximum absolute atomic E-state index is 9.26. The number of benzene rings is 1. The van der Waals surface area contributed by atoms with Crippen LogP contribution >= 0.6 is 11.6 Å². The van der Waals surface area contributed by atoms with Gasteiger partial charge in [-0.25, -0.2) is 4.68 Å². The minimum absolute atomic E-state index is 0.423. The Bertz CT molecular complexity index is 635. The van der Waals surface area contributed by atoms with Crippen molar-refractivity contribution >= 4 is 17.4 Å². The minimum atomic E-state index is 0.423. The number of nitrogen functional groups attached to an aromatic ring is 1. The first-order valence-electron chi connectivity index (χ1n) is 6.51. The van der Waals surface area contributed by atoms with Crippen LogP contribution in [0.2, 0.25) is 5.02 Å². The van der Waals surface area contributed by atoms with Gasteiger partial charge in [0, 0.05) is 18.0 Å². The van der Waals surface area contributed by atoms with E-state index in [1.54, 1.807) is 4.68 Å². The molecule has 0 aliphatic carbocycles. The number of halogens is 1. The van der Waals surface area contributed by atoms with Crippen LogP contribution in [0.5, 0.6) is 0 Å². The van der Waals surface area contributed by atoms with Crippen molar-refractivity contribution in [2.45, 2.75) is 26.8 Å². The van der Waals surface area contributed by atoms with Gasteiger partial charge < -0.3 is 5.73 Å². The summed E-state index contributed by atoms with van der Waals surface area (Å²) in [5, 5.41) is 14.4. The molecule has 0 atom stereocenters. The molecule has 5 heteroatoms. The standard InChI is InChI=1S/C15H17ClN4/c1-10(2)9-20-15(18)13(8-17)14(19-20)7-11-3-5-12(16)6-4-11/h3-6,10H,7,9,18H2,1-2H3. The van der Waals surface area contributed by atoms with E-state index in [1.807, 2.05) is 24.3 Å². The molecule has 1 aromatic heterocycles. The van der Waals surface area contributed by atoms with E-state index in [2.05, 4.69) is 25.0 Å². The summed E-state index contributed by atoms with van der Waals surface area (Å²) in [5.41, 5.74) is 8.24. The van der Waals surface area contributed by atoms with Crippen LogP contribution in [0.25, 0.3) is 0 Å². The summed E-state index contributed by atoms with van der Waals surface area (Å²) in [6.45, 7) is 4.89. The molecule has 1 heterocycles. The molecule has 2 rings (SSSR count). The Hall–Kier alpha value is -1.99. The molecule has 104 valence electrons. The molecule has 0 radical (unpaired) electrons.